The molecule has 1 aromatic rings. The molecule has 0 amide bonds. The number of nitrogens with zero attached hydrogens (tertiary/aromatic N) is 2. The molecule has 412 valence electrons. The summed E-state index contributed by atoms with van der Waals surface area (Å²) in [6, 6.07) is 1.23. The molecule has 0 aromatic carbocycles. The van der Waals surface area contributed by atoms with Crippen LogP contribution in [0.3, 0.4) is 0 Å². The molecule has 7 N–H and O–H groups in total. The Bertz CT molecular complexity index is 2070. The largest absolute Gasteiger partial charge is 0.481 e. The molecule has 1 saturated heterocycles. The van der Waals surface area contributed by atoms with E-state index in [1.54, 1.807) is 12.2 Å². The van der Waals surface area contributed by atoms with Gasteiger partial charge in [-0.15, -0.1) is 0 Å². The Morgan fingerprint density at radius 1 is 0.740 bits per heavy atom. The van der Waals surface area contributed by atoms with Crippen molar-refractivity contribution in [3.8, 4) is 0 Å². The molecule has 0 saturated carbocycles. The second-order valence-electron chi connectivity index (χ2n) is 17.5. The number of allylic oxidation sites excluding steroid dienone is 13. The smallest absolute Gasteiger partial charge is 0.462 e. The van der Waals surface area contributed by atoms with Crippen LogP contribution in [0.5, 0.6) is 0 Å². The summed E-state index contributed by atoms with van der Waals surface area (Å²) in [4.78, 5) is 61.9. The van der Waals surface area contributed by atoms with Gasteiger partial charge in [0.05, 0.1) is 19.3 Å². The maximum atomic E-state index is 12.9. The Morgan fingerprint density at radius 3 is 1.93 bits per heavy atom. The molecule has 1 aliphatic heterocycles. The third-order valence-corrected chi connectivity index (χ3v) is 13.7. The number of nitrogens with two attached hydrogens (primary N) is 1. The Morgan fingerprint density at radius 2 is 1.32 bits per heavy atom. The first-order valence-electron chi connectivity index (χ1n) is 25.7. The van der Waals surface area contributed by atoms with Crippen molar-refractivity contribution in [1.29, 1.82) is 0 Å². The second kappa shape index (κ2) is 39.3. The number of phosphoric ester groups is 2. The molecule has 0 radical (unpaired) electrons. The Hall–Kier alpha value is -4.10. The maximum absolute atomic E-state index is 12.9. The molecule has 1 fully saturated rings. The zero-order valence-corrected chi connectivity index (χ0v) is 44.6. The van der Waals surface area contributed by atoms with E-state index in [0.29, 0.717) is 12.8 Å². The lowest BCUT2D eigenvalue weighted by molar-refractivity contribution is -0.161. The molecule has 2 heterocycles. The maximum Gasteiger partial charge on any atom is 0.481 e. The van der Waals surface area contributed by atoms with Gasteiger partial charge in [-0.3, -0.25) is 23.2 Å². The molecule has 21 heteroatoms. The summed E-state index contributed by atoms with van der Waals surface area (Å²) >= 11 is 0. The number of ether oxygens (including phenoxy) is 3. The van der Waals surface area contributed by atoms with Crippen LogP contribution in [0.25, 0.3) is 0 Å². The van der Waals surface area contributed by atoms with Crippen LogP contribution in [0.15, 0.2) is 102 Å². The number of hydrogen-bond donors (Lipinski definition) is 6. The quantitative estimate of drug-likeness (QED) is 0.0117. The summed E-state index contributed by atoms with van der Waals surface area (Å²) in [5, 5.41) is 31.3. The van der Waals surface area contributed by atoms with E-state index in [1.807, 2.05) is 12.2 Å². The Balaban J connectivity index is 1.86. The van der Waals surface area contributed by atoms with Crippen LogP contribution in [0, 0.1) is 0 Å². The van der Waals surface area contributed by atoms with Crippen LogP contribution in [-0.2, 0) is 46.3 Å². The molecule has 1 aliphatic rings. The summed E-state index contributed by atoms with van der Waals surface area (Å²) < 4.78 is 56.6. The fourth-order valence-corrected chi connectivity index (χ4v) is 9.17. The standard InChI is InChI=1S/C52H83N3O16P2/c1-3-5-7-9-11-13-15-17-19-21-22-24-26-28-30-32-34-43(56)36-37-47(57)66-40-44(69-48(58)35-33-31-29-27-25-23-20-18-16-14-12-10-8-6-4-2)41-67-72(62,63)71-73(64,65)68-42-45-49(59)50(60)51(70-45)55-39-38-46(53)54-52(55)61/h5,7,11,13-14,16-17,19,22,24,28,30,32,34,38-39,43-45,49-51,56,59-60H,3-4,6,8-10,12,15,18,20-21,23,25-27,29,31,33,35-37,40-42H2,1-2H3,(H,62,63)(H,64,65)(H2,53,54,61)/b7-5-,13-11-,16-14-,19-17-,24-22-,30-28-,34-32-/t43?,44-,45-,49-,50-,51-/m1/s1. The summed E-state index contributed by atoms with van der Waals surface area (Å²) in [5.41, 5.74) is 4.57. The molecule has 2 rings (SSSR count). The highest BCUT2D eigenvalue weighted by Crippen LogP contribution is 2.60. The second-order valence-corrected chi connectivity index (χ2v) is 20.5. The van der Waals surface area contributed by atoms with Gasteiger partial charge in [-0.1, -0.05) is 150 Å². The van der Waals surface area contributed by atoms with Crippen LogP contribution in [0.1, 0.15) is 155 Å². The van der Waals surface area contributed by atoms with Crippen molar-refractivity contribution < 1.29 is 71.4 Å². The van der Waals surface area contributed by atoms with Crippen molar-refractivity contribution in [3.05, 3.63) is 108 Å². The molecule has 73 heavy (non-hydrogen) atoms. The Kier molecular flexibility index (Phi) is 35.0. The topological polar surface area (TPSA) is 286 Å². The SMILES string of the molecule is CC/C=C\C/C=C\C/C=C\C/C=C\C/C=C\C=C/C(O)CCC(=O)OC[C@H](COP(=O)(O)OP(=O)(O)OC[C@H]1O[C@@H](n2ccc(N)nc2=O)[C@H](O)[C@@H]1O)OC(=O)CCCCCCCCC/C=C\CCCCCC. The van der Waals surface area contributed by atoms with Crippen molar-refractivity contribution in [2.75, 3.05) is 25.6 Å². The molecule has 1 aromatic heterocycles. The van der Waals surface area contributed by atoms with E-state index >= 15 is 0 Å². The summed E-state index contributed by atoms with van der Waals surface area (Å²) in [6.07, 6.45) is 38.4. The molecule has 0 aliphatic carbocycles. The van der Waals surface area contributed by atoms with Gasteiger partial charge in [0.2, 0.25) is 0 Å². The number of phosphoric acid groups is 2. The molecule has 19 nitrogen and oxygen atoms in total. The van der Waals surface area contributed by atoms with Gasteiger partial charge in [-0.05, 0) is 76.7 Å². The van der Waals surface area contributed by atoms with Crippen LogP contribution in [-0.4, -0.2) is 96.9 Å². The van der Waals surface area contributed by atoms with Gasteiger partial charge in [0.1, 0.15) is 30.7 Å². The first-order chi connectivity index (χ1) is 35.1. The zero-order chi connectivity index (χ0) is 53.6. The molecular weight excluding hydrogens is 985 g/mol. The number of carbonyl (C=O) groups is 2. The van der Waals surface area contributed by atoms with Gasteiger partial charge in [-0.2, -0.15) is 9.29 Å². The van der Waals surface area contributed by atoms with Crippen molar-refractivity contribution >= 4 is 33.4 Å². The van der Waals surface area contributed by atoms with E-state index in [2.05, 4.69) is 77.8 Å². The minimum absolute atomic E-state index is 0.00233. The highest BCUT2D eigenvalue weighted by Gasteiger charge is 2.46. The molecule has 0 bridgehead atoms. The number of aliphatic hydroxyl groups is 3. The van der Waals surface area contributed by atoms with Gasteiger partial charge in [0, 0.05) is 19.0 Å². The van der Waals surface area contributed by atoms with Gasteiger partial charge >= 0.3 is 33.3 Å². The van der Waals surface area contributed by atoms with Crippen molar-refractivity contribution in [3.63, 3.8) is 0 Å². The molecular formula is C52H83N3O16P2. The van der Waals surface area contributed by atoms with E-state index in [4.69, 9.17) is 29.0 Å². The predicted octanol–water partition coefficient (Wildman–Crippen LogP) is 9.64. The highest BCUT2D eigenvalue weighted by atomic mass is 31.3. The Labute approximate surface area is 431 Å². The first kappa shape index (κ1) is 65.0. The van der Waals surface area contributed by atoms with Crippen molar-refractivity contribution in [2.24, 2.45) is 0 Å². The number of aliphatic hydroxyl groups excluding tert-OH is 3. The number of rotatable bonds is 41. The summed E-state index contributed by atoms with van der Waals surface area (Å²) in [6.45, 7) is 1.78. The number of nitrogen functional groups attached to an aromatic ring is 1. The number of hydrogen-bond acceptors (Lipinski definition) is 16. The number of esters is 2. The monoisotopic (exact) mass is 1070 g/mol. The minimum Gasteiger partial charge on any atom is -0.462 e. The van der Waals surface area contributed by atoms with E-state index in [9.17, 15) is 48.6 Å². The lowest BCUT2D eigenvalue weighted by Crippen LogP contribution is -2.36. The van der Waals surface area contributed by atoms with Crippen molar-refractivity contribution in [1.82, 2.24) is 9.55 Å². The van der Waals surface area contributed by atoms with Gasteiger partial charge in [-0.25, -0.2) is 13.9 Å². The number of anilines is 1. The van der Waals surface area contributed by atoms with E-state index in [0.717, 1.165) is 87.8 Å². The third-order valence-electron chi connectivity index (χ3n) is 11.1. The minimum atomic E-state index is -5.48. The molecule has 3 unspecified atom stereocenters. The van der Waals surface area contributed by atoms with Crippen molar-refractivity contribution in [2.45, 2.75) is 185 Å². The van der Waals surface area contributed by atoms with Gasteiger partial charge < -0.3 is 45.1 Å². The van der Waals surface area contributed by atoms with Gasteiger partial charge in [0.15, 0.2) is 12.3 Å². The van der Waals surface area contributed by atoms with E-state index in [1.165, 1.54) is 37.8 Å². The normalized spacial score (nSPS) is 20.1. The summed E-state index contributed by atoms with van der Waals surface area (Å²) in [7, 11) is -10.9. The van der Waals surface area contributed by atoms with Crippen LogP contribution < -0.4 is 11.4 Å². The lowest BCUT2D eigenvalue weighted by Gasteiger charge is -2.21. The van der Waals surface area contributed by atoms with Crippen LogP contribution in [0.4, 0.5) is 5.82 Å². The molecule has 8 atom stereocenters. The average molecular weight is 1070 g/mol. The highest BCUT2D eigenvalue weighted by molar-refractivity contribution is 7.61. The number of carbonyl (C=O) groups excluding carboxylic acids is 2. The number of aromatic nitrogens is 2. The average Bonchev–Trinajstić information content (AvgIpc) is 3.63. The lowest BCUT2D eigenvalue weighted by atomic mass is 10.1. The predicted molar refractivity (Wildman–Crippen MR) is 281 cm³/mol. The fourth-order valence-electron chi connectivity index (χ4n) is 7.06. The van der Waals surface area contributed by atoms with Crippen LogP contribution in [0.2, 0.25) is 0 Å². The number of unbranched alkanes of at least 4 members (excludes halogenated alkanes) is 11. The van der Waals surface area contributed by atoms with E-state index in [-0.39, 0.29) is 25.1 Å². The first-order valence-corrected chi connectivity index (χ1v) is 28.7. The zero-order valence-electron chi connectivity index (χ0n) is 42.8. The van der Waals surface area contributed by atoms with E-state index < -0.39 is 89.8 Å². The fraction of sp³-hybridized carbons (Fsp3) is 0.615. The van der Waals surface area contributed by atoms with Gasteiger partial charge in [0.25, 0.3) is 0 Å². The summed E-state index contributed by atoms with van der Waals surface area (Å²) in [5.74, 6) is -1.60. The third kappa shape index (κ3) is 32.1. The molecule has 0 spiro atoms. The van der Waals surface area contributed by atoms with Crippen LogP contribution >= 0.6 is 15.6 Å².